The van der Waals surface area contributed by atoms with E-state index in [0.717, 1.165) is 23.4 Å². The number of rotatable bonds is 5. The molecule has 1 aromatic rings. The Kier molecular flexibility index (Phi) is 5.71. The molecule has 1 fully saturated rings. The smallest absolute Gasteiger partial charge is 0.243 e. The Labute approximate surface area is 132 Å². The van der Waals surface area contributed by atoms with Gasteiger partial charge in [0.05, 0.1) is 4.90 Å². The monoisotopic (exact) mass is 328 g/mol. The van der Waals surface area contributed by atoms with Crippen LogP contribution in [0.25, 0.3) is 0 Å². The third kappa shape index (κ3) is 3.80. The van der Waals surface area contributed by atoms with Gasteiger partial charge in [0.15, 0.2) is 0 Å². The van der Waals surface area contributed by atoms with Gasteiger partial charge in [0, 0.05) is 30.6 Å². The van der Waals surface area contributed by atoms with Gasteiger partial charge in [-0.2, -0.15) is 16.1 Å². The lowest BCUT2D eigenvalue weighted by molar-refractivity contribution is 0.424. The molecule has 1 heterocycles. The average Bonchev–Trinajstić information content (AvgIpc) is 2.46. The first-order chi connectivity index (χ1) is 9.96. The maximum Gasteiger partial charge on any atom is 0.243 e. The number of thioether (sulfide) groups is 1. The highest BCUT2D eigenvalue weighted by atomic mass is 32.2. The topological polar surface area (TPSA) is 49.4 Å². The Morgan fingerprint density at radius 2 is 2.19 bits per heavy atom. The van der Waals surface area contributed by atoms with Gasteiger partial charge in [0.1, 0.15) is 0 Å². The van der Waals surface area contributed by atoms with Crippen LogP contribution in [0.2, 0.25) is 0 Å². The van der Waals surface area contributed by atoms with Gasteiger partial charge in [-0.25, -0.2) is 8.42 Å². The maximum atomic E-state index is 12.9. The van der Waals surface area contributed by atoms with Crippen LogP contribution in [-0.4, -0.2) is 43.4 Å². The first-order valence-corrected chi connectivity index (χ1v) is 9.86. The third-order valence-corrected chi connectivity index (χ3v) is 6.93. The maximum absolute atomic E-state index is 12.9. The Hall–Kier alpha value is -0.560. The second-order valence-electron chi connectivity index (χ2n) is 5.37. The van der Waals surface area contributed by atoms with Crippen LogP contribution < -0.4 is 5.32 Å². The fourth-order valence-electron chi connectivity index (χ4n) is 2.53. The lowest BCUT2D eigenvalue weighted by Gasteiger charge is -2.30. The van der Waals surface area contributed by atoms with E-state index in [1.807, 2.05) is 37.7 Å². The van der Waals surface area contributed by atoms with Crippen molar-refractivity contribution in [3.63, 3.8) is 0 Å². The van der Waals surface area contributed by atoms with Crippen molar-refractivity contribution in [2.75, 3.05) is 25.4 Å². The van der Waals surface area contributed by atoms with Crippen LogP contribution in [0.1, 0.15) is 25.0 Å². The van der Waals surface area contributed by atoms with Crippen molar-refractivity contribution in [1.82, 2.24) is 9.62 Å². The number of nitrogens with zero attached hydrogens (tertiary/aromatic N) is 1. The third-order valence-electron chi connectivity index (χ3n) is 3.78. The summed E-state index contributed by atoms with van der Waals surface area (Å²) >= 11 is 1.84. The van der Waals surface area contributed by atoms with Crippen molar-refractivity contribution in [2.45, 2.75) is 37.5 Å². The lowest BCUT2D eigenvalue weighted by atomic mass is 10.1. The highest BCUT2D eigenvalue weighted by Crippen LogP contribution is 2.27. The SMILES string of the molecule is CCNCc1cccc(S(=O)(=O)N2CCSC(C)C2)c1C. The summed E-state index contributed by atoms with van der Waals surface area (Å²) in [5.41, 5.74) is 1.92. The first kappa shape index (κ1) is 16.8. The first-order valence-electron chi connectivity index (χ1n) is 7.37. The van der Waals surface area contributed by atoms with Gasteiger partial charge < -0.3 is 5.32 Å². The molecule has 1 aliphatic heterocycles. The van der Waals surface area contributed by atoms with Crippen molar-refractivity contribution < 1.29 is 8.42 Å². The fraction of sp³-hybridized carbons (Fsp3) is 0.600. The Morgan fingerprint density at radius 1 is 1.43 bits per heavy atom. The molecule has 0 aliphatic carbocycles. The van der Waals surface area contributed by atoms with Crippen LogP contribution in [0, 0.1) is 6.92 Å². The number of benzene rings is 1. The van der Waals surface area contributed by atoms with Crippen LogP contribution in [0.3, 0.4) is 0 Å². The van der Waals surface area contributed by atoms with E-state index in [2.05, 4.69) is 12.2 Å². The average molecular weight is 329 g/mol. The summed E-state index contributed by atoms with van der Waals surface area (Å²) in [6, 6.07) is 5.56. The molecule has 1 unspecified atom stereocenters. The molecule has 0 aromatic heterocycles. The molecule has 1 aromatic carbocycles. The number of hydrogen-bond donors (Lipinski definition) is 1. The second-order valence-corrected chi connectivity index (χ2v) is 8.82. The second kappa shape index (κ2) is 7.13. The minimum absolute atomic E-state index is 0.360. The summed E-state index contributed by atoms with van der Waals surface area (Å²) < 4.78 is 27.4. The molecular formula is C15H24N2O2S2. The van der Waals surface area contributed by atoms with Gasteiger partial charge >= 0.3 is 0 Å². The largest absolute Gasteiger partial charge is 0.313 e. The Morgan fingerprint density at radius 3 is 2.86 bits per heavy atom. The van der Waals surface area contributed by atoms with Crippen LogP contribution in [0.5, 0.6) is 0 Å². The van der Waals surface area contributed by atoms with Gasteiger partial charge in [-0.05, 0) is 30.7 Å². The minimum atomic E-state index is -3.38. The van der Waals surface area contributed by atoms with E-state index < -0.39 is 10.0 Å². The molecule has 0 bridgehead atoms. The van der Waals surface area contributed by atoms with Crippen LogP contribution in [-0.2, 0) is 16.6 Å². The molecule has 1 N–H and O–H groups in total. The summed E-state index contributed by atoms with van der Waals surface area (Å²) in [6.07, 6.45) is 0. The van der Waals surface area contributed by atoms with Crippen molar-refractivity contribution in [3.05, 3.63) is 29.3 Å². The molecule has 0 amide bonds. The predicted octanol–water partition coefficient (Wildman–Crippen LogP) is 2.23. The predicted molar refractivity (Wildman–Crippen MR) is 89.2 cm³/mol. The van der Waals surface area contributed by atoms with Crippen LogP contribution in [0.4, 0.5) is 0 Å². The van der Waals surface area contributed by atoms with E-state index in [-0.39, 0.29) is 0 Å². The van der Waals surface area contributed by atoms with Crippen molar-refractivity contribution in [2.24, 2.45) is 0 Å². The molecule has 0 spiro atoms. The van der Waals surface area contributed by atoms with Gasteiger partial charge in [0.25, 0.3) is 0 Å². The van der Waals surface area contributed by atoms with E-state index >= 15 is 0 Å². The molecule has 21 heavy (non-hydrogen) atoms. The van der Waals surface area contributed by atoms with Gasteiger partial charge in [0.2, 0.25) is 10.0 Å². The molecule has 6 heteroatoms. The fourth-order valence-corrected chi connectivity index (χ4v) is 5.56. The Bertz CT molecular complexity index is 587. The van der Waals surface area contributed by atoms with Crippen molar-refractivity contribution in [3.8, 4) is 0 Å². The lowest BCUT2D eigenvalue weighted by Crippen LogP contribution is -2.41. The summed E-state index contributed by atoms with van der Waals surface area (Å²) in [7, 11) is -3.38. The Balaban J connectivity index is 2.31. The van der Waals surface area contributed by atoms with E-state index in [1.165, 1.54) is 0 Å². The van der Waals surface area contributed by atoms with E-state index in [4.69, 9.17) is 0 Å². The zero-order chi connectivity index (χ0) is 15.5. The van der Waals surface area contributed by atoms with Crippen LogP contribution >= 0.6 is 11.8 Å². The normalized spacial score (nSPS) is 20.6. The van der Waals surface area contributed by atoms with Crippen LogP contribution in [0.15, 0.2) is 23.1 Å². The standard InChI is InChI=1S/C15H24N2O2S2/c1-4-16-10-14-6-5-7-15(13(14)3)21(18,19)17-8-9-20-12(2)11-17/h5-7,12,16H,4,8-11H2,1-3H3. The van der Waals surface area contributed by atoms with E-state index in [1.54, 1.807) is 10.4 Å². The molecule has 0 saturated carbocycles. The van der Waals surface area contributed by atoms with E-state index in [0.29, 0.717) is 29.8 Å². The van der Waals surface area contributed by atoms with Crippen molar-refractivity contribution >= 4 is 21.8 Å². The number of sulfonamides is 1. The molecule has 1 atom stereocenters. The number of hydrogen-bond acceptors (Lipinski definition) is 4. The van der Waals surface area contributed by atoms with Crippen molar-refractivity contribution in [1.29, 1.82) is 0 Å². The summed E-state index contributed by atoms with van der Waals surface area (Å²) in [5.74, 6) is 0.872. The summed E-state index contributed by atoms with van der Waals surface area (Å²) in [4.78, 5) is 0.456. The molecular weight excluding hydrogens is 304 g/mol. The molecule has 1 aliphatic rings. The molecule has 118 valence electrons. The summed E-state index contributed by atoms with van der Waals surface area (Å²) in [6.45, 7) is 8.82. The van der Waals surface area contributed by atoms with Gasteiger partial charge in [-0.1, -0.05) is 26.0 Å². The van der Waals surface area contributed by atoms with E-state index in [9.17, 15) is 8.42 Å². The molecule has 0 radical (unpaired) electrons. The molecule has 1 saturated heterocycles. The molecule has 4 nitrogen and oxygen atoms in total. The van der Waals surface area contributed by atoms with Gasteiger partial charge in [-0.15, -0.1) is 0 Å². The van der Waals surface area contributed by atoms with Gasteiger partial charge in [-0.3, -0.25) is 0 Å². The zero-order valence-corrected chi connectivity index (χ0v) is 14.6. The zero-order valence-electron chi connectivity index (χ0n) is 12.9. The number of nitrogens with one attached hydrogen (secondary N) is 1. The highest BCUT2D eigenvalue weighted by molar-refractivity contribution is 8.00. The minimum Gasteiger partial charge on any atom is -0.313 e. The quantitative estimate of drug-likeness (QED) is 0.900. The molecule has 2 rings (SSSR count). The summed E-state index contributed by atoms with van der Waals surface area (Å²) in [5, 5.41) is 3.62. The highest BCUT2D eigenvalue weighted by Gasteiger charge is 2.30.